The molecular weight excluding hydrogens is 443 g/mol. The average molecular weight is 477 g/mol. The van der Waals surface area contributed by atoms with E-state index in [1.807, 2.05) is 61.5 Å². The second-order valence-electron chi connectivity index (χ2n) is 8.58. The number of rotatable bonds is 12. The van der Waals surface area contributed by atoms with E-state index in [1.165, 1.54) is 12.1 Å². The summed E-state index contributed by atoms with van der Waals surface area (Å²) >= 11 is 0. The number of aryl methyl sites for hydroxylation is 1. The smallest absolute Gasteiger partial charge is 0.261 e. The molecule has 0 heterocycles. The number of nitrogens with zero attached hydrogens (tertiary/aromatic N) is 1. The second kappa shape index (κ2) is 13.3. The molecule has 2 amide bonds. The minimum atomic E-state index is -0.743. The van der Waals surface area contributed by atoms with Crippen LogP contribution in [0.3, 0.4) is 0 Å². The van der Waals surface area contributed by atoms with E-state index < -0.39 is 11.9 Å². The molecule has 0 aliphatic rings. The molecule has 3 aromatic rings. The average Bonchev–Trinajstić information content (AvgIpc) is 2.87. The van der Waals surface area contributed by atoms with Gasteiger partial charge in [-0.1, -0.05) is 85.6 Å². The molecule has 1 atom stereocenters. The molecule has 0 fully saturated rings. The lowest BCUT2D eigenvalue weighted by molar-refractivity contribution is -0.142. The Balaban J connectivity index is 1.88. The van der Waals surface area contributed by atoms with Gasteiger partial charge in [0.15, 0.2) is 18.2 Å². The fourth-order valence-electron chi connectivity index (χ4n) is 3.73. The molecule has 5 nitrogen and oxygen atoms in total. The number of benzene rings is 3. The first-order valence-electron chi connectivity index (χ1n) is 12.0. The highest BCUT2D eigenvalue weighted by Crippen LogP contribution is 2.18. The summed E-state index contributed by atoms with van der Waals surface area (Å²) in [5, 5.41) is 2.98. The minimum Gasteiger partial charge on any atom is -0.481 e. The van der Waals surface area contributed by atoms with Crippen molar-refractivity contribution in [1.29, 1.82) is 0 Å². The molecule has 0 saturated heterocycles. The Morgan fingerprint density at radius 2 is 1.63 bits per heavy atom. The van der Waals surface area contributed by atoms with Gasteiger partial charge < -0.3 is 15.0 Å². The van der Waals surface area contributed by atoms with Gasteiger partial charge in [0.05, 0.1) is 0 Å². The summed E-state index contributed by atoms with van der Waals surface area (Å²) in [6.45, 7) is 4.45. The zero-order valence-corrected chi connectivity index (χ0v) is 20.4. The van der Waals surface area contributed by atoms with Gasteiger partial charge in [-0.05, 0) is 36.6 Å². The van der Waals surface area contributed by atoms with E-state index in [9.17, 15) is 14.0 Å². The topological polar surface area (TPSA) is 58.6 Å². The maximum absolute atomic E-state index is 14.1. The Morgan fingerprint density at radius 3 is 2.31 bits per heavy atom. The van der Waals surface area contributed by atoms with E-state index in [4.69, 9.17) is 4.74 Å². The predicted molar refractivity (Wildman–Crippen MR) is 135 cm³/mol. The van der Waals surface area contributed by atoms with E-state index >= 15 is 0 Å². The molecule has 0 bridgehead atoms. The number of hydrogen-bond donors (Lipinski definition) is 1. The van der Waals surface area contributed by atoms with Crippen LogP contribution >= 0.6 is 0 Å². The number of amides is 2. The third kappa shape index (κ3) is 7.95. The van der Waals surface area contributed by atoms with E-state index in [0.717, 1.165) is 29.5 Å². The Labute approximate surface area is 206 Å². The van der Waals surface area contributed by atoms with Crippen LogP contribution in [0, 0.1) is 12.7 Å². The van der Waals surface area contributed by atoms with Crippen LogP contribution in [-0.4, -0.2) is 35.9 Å². The van der Waals surface area contributed by atoms with Crippen LogP contribution in [0.2, 0.25) is 0 Å². The fourth-order valence-corrected chi connectivity index (χ4v) is 3.73. The Hall–Kier alpha value is -3.67. The van der Waals surface area contributed by atoms with Crippen molar-refractivity contribution in [3.05, 3.63) is 101 Å². The van der Waals surface area contributed by atoms with E-state index in [1.54, 1.807) is 17.0 Å². The van der Waals surface area contributed by atoms with Gasteiger partial charge in [0.1, 0.15) is 6.04 Å². The monoisotopic (exact) mass is 476 g/mol. The zero-order valence-electron chi connectivity index (χ0n) is 20.4. The molecule has 6 heteroatoms. The summed E-state index contributed by atoms with van der Waals surface area (Å²) in [6.07, 6.45) is 2.16. The van der Waals surface area contributed by atoms with Gasteiger partial charge >= 0.3 is 0 Å². The predicted octanol–water partition coefficient (Wildman–Crippen LogP) is 5.07. The highest BCUT2D eigenvalue weighted by atomic mass is 19.1. The maximum Gasteiger partial charge on any atom is 0.261 e. The van der Waals surface area contributed by atoms with E-state index in [2.05, 4.69) is 12.2 Å². The van der Waals surface area contributed by atoms with E-state index in [0.29, 0.717) is 13.0 Å². The quantitative estimate of drug-likeness (QED) is 0.372. The SMILES string of the molecule is CCCCNC(=O)[C@H](Cc1ccccc1)N(Cc1ccc(C)cc1)C(=O)COc1ccccc1F. The third-order valence-electron chi connectivity index (χ3n) is 5.76. The van der Waals surface area contributed by atoms with Gasteiger partial charge in [0, 0.05) is 19.5 Å². The normalized spacial score (nSPS) is 11.5. The molecule has 35 heavy (non-hydrogen) atoms. The number of ether oxygens (including phenoxy) is 1. The standard InChI is InChI=1S/C29H33FN2O3/c1-3-4-18-31-29(34)26(19-23-10-6-5-7-11-23)32(20-24-16-14-22(2)15-17-24)28(33)21-35-27-13-9-8-12-25(27)30/h5-17,26H,3-4,18-21H2,1-2H3,(H,31,34)/t26-/m0/s1. The van der Waals surface area contributed by atoms with Gasteiger partial charge in [0.2, 0.25) is 5.91 Å². The lowest BCUT2D eigenvalue weighted by Gasteiger charge is -2.31. The number of para-hydroxylation sites is 1. The fraction of sp³-hybridized carbons (Fsp3) is 0.310. The number of halogens is 1. The third-order valence-corrected chi connectivity index (χ3v) is 5.76. The number of unbranched alkanes of at least 4 members (excludes halogenated alkanes) is 1. The molecule has 0 aromatic heterocycles. The van der Waals surface area contributed by atoms with Gasteiger partial charge in [-0.25, -0.2) is 4.39 Å². The number of carbonyl (C=O) groups excluding carboxylic acids is 2. The first-order chi connectivity index (χ1) is 17.0. The molecule has 3 aromatic carbocycles. The summed E-state index contributed by atoms with van der Waals surface area (Å²) in [6, 6.07) is 22.7. The van der Waals surface area contributed by atoms with Gasteiger partial charge in [0.25, 0.3) is 5.91 Å². The molecular formula is C29H33FN2O3. The Bertz CT molecular complexity index is 1090. The second-order valence-corrected chi connectivity index (χ2v) is 8.58. The summed E-state index contributed by atoms with van der Waals surface area (Å²) in [5.41, 5.74) is 2.95. The van der Waals surface area contributed by atoms with Gasteiger partial charge in [-0.3, -0.25) is 9.59 Å². The molecule has 0 saturated carbocycles. The molecule has 3 rings (SSSR count). The number of carbonyl (C=O) groups is 2. The van der Waals surface area contributed by atoms with Crippen molar-refractivity contribution < 1.29 is 18.7 Å². The molecule has 0 spiro atoms. The van der Waals surface area contributed by atoms with Crippen molar-refractivity contribution in [3.8, 4) is 5.75 Å². The highest BCUT2D eigenvalue weighted by Gasteiger charge is 2.30. The molecule has 0 radical (unpaired) electrons. The van der Waals surface area contributed by atoms with Crippen LogP contribution in [0.15, 0.2) is 78.9 Å². The van der Waals surface area contributed by atoms with E-state index in [-0.39, 0.29) is 30.7 Å². The largest absolute Gasteiger partial charge is 0.481 e. The summed E-state index contributed by atoms with van der Waals surface area (Å²) in [5.74, 6) is -1.14. The van der Waals surface area contributed by atoms with Crippen molar-refractivity contribution in [2.75, 3.05) is 13.2 Å². The van der Waals surface area contributed by atoms with Crippen LogP contribution in [0.4, 0.5) is 4.39 Å². The summed E-state index contributed by atoms with van der Waals surface area (Å²) < 4.78 is 19.6. The molecule has 184 valence electrons. The van der Waals surface area contributed by atoms with Crippen LogP contribution < -0.4 is 10.1 Å². The van der Waals surface area contributed by atoms with Crippen molar-refractivity contribution in [2.24, 2.45) is 0 Å². The number of hydrogen-bond acceptors (Lipinski definition) is 3. The molecule has 0 aliphatic heterocycles. The Morgan fingerprint density at radius 1 is 0.943 bits per heavy atom. The number of nitrogens with one attached hydrogen (secondary N) is 1. The molecule has 1 N–H and O–H groups in total. The van der Waals surface area contributed by atoms with Crippen LogP contribution in [0.5, 0.6) is 5.75 Å². The molecule has 0 unspecified atom stereocenters. The van der Waals surface area contributed by atoms with Crippen LogP contribution in [0.1, 0.15) is 36.5 Å². The molecule has 0 aliphatic carbocycles. The summed E-state index contributed by atoms with van der Waals surface area (Å²) in [7, 11) is 0. The van der Waals surface area contributed by atoms with Crippen LogP contribution in [-0.2, 0) is 22.6 Å². The van der Waals surface area contributed by atoms with Gasteiger partial charge in [-0.15, -0.1) is 0 Å². The summed E-state index contributed by atoms with van der Waals surface area (Å²) in [4.78, 5) is 28.3. The highest BCUT2D eigenvalue weighted by molar-refractivity contribution is 5.88. The lowest BCUT2D eigenvalue weighted by Crippen LogP contribution is -2.51. The van der Waals surface area contributed by atoms with Crippen molar-refractivity contribution in [1.82, 2.24) is 10.2 Å². The van der Waals surface area contributed by atoms with Crippen molar-refractivity contribution in [3.63, 3.8) is 0 Å². The first kappa shape index (κ1) is 25.9. The van der Waals surface area contributed by atoms with Crippen molar-refractivity contribution >= 4 is 11.8 Å². The zero-order chi connectivity index (χ0) is 25.0. The van der Waals surface area contributed by atoms with Crippen LogP contribution in [0.25, 0.3) is 0 Å². The maximum atomic E-state index is 14.1. The van der Waals surface area contributed by atoms with Gasteiger partial charge in [-0.2, -0.15) is 0 Å². The minimum absolute atomic E-state index is 0.00291. The van der Waals surface area contributed by atoms with Crippen molar-refractivity contribution in [2.45, 2.75) is 45.7 Å². The Kier molecular flexibility index (Phi) is 9.84. The lowest BCUT2D eigenvalue weighted by atomic mass is 10.0. The first-order valence-corrected chi connectivity index (χ1v) is 12.0.